The first-order valence-electron chi connectivity index (χ1n) is 14.6. The summed E-state index contributed by atoms with van der Waals surface area (Å²) in [5.74, 6) is 3.44. The van der Waals surface area contributed by atoms with Crippen LogP contribution < -0.4 is 0 Å². The van der Waals surface area contributed by atoms with Crippen LogP contribution in [0.15, 0.2) is 0 Å². The summed E-state index contributed by atoms with van der Waals surface area (Å²) in [5, 5.41) is 1.97. The summed E-state index contributed by atoms with van der Waals surface area (Å²) >= 11 is 0. The van der Waals surface area contributed by atoms with E-state index in [4.69, 9.17) is 14.3 Å². The van der Waals surface area contributed by atoms with E-state index >= 15 is 0 Å². The highest BCUT2D eigenvalue weighted by atomic mass is 16.7. The van der Waals surface area contributed by atoms with E-state index in [0.717, 1.165) is 44.1 Å². The molecule has 0 amide bonds. The maximum Gasteiger partial charge on any atom is 0.294 e. The Bertz CT molecular complexity index is 847. The Kier molecular flexibility index (Phi) is 6.80. The molecule has 4 saturated carbocycles. The number of fused-ring (bicyclic) bond motifs is 5. The van der Waals surface area contributed by atoms with E-state index < -0.39 is 5.72 Å². The fraction of sp³-hybridized carbons (Fsp3) is 0.933. The van der Waals surface area contributed by atoms with Crippen molar-refractivity contribution in [2.45, 2.75) is 111 Å². The molecule has 0 aromatic heterocycles. The zero-order valence-corrected chi connectivity index (χ0v) is 23.5. The third kappa shape index (κ3) is 3.95. The highest BCUT2D eigenvalue weighted by Gasteiger charge is 2.66. The monoisotopic (exact) mass is 503 g/mol. The third-order valence-corrected chi connectivity index (χ3v) is 12.2. The summed E-state index contributed by atoms with van der Waals surface area (Å²) in [5.41, 5.74) is -0.188. The molecular weight excluding hydrogens is 454 g/mol. The van der Waals surface area contributed by atoms with Gasteiger partial charge in [0.2, 0.25) is 0 Å². The molecule has 0 bridgehead atoms. The van der Waals surface area contributed by atoms with Crippen LogP contribution in [0, 0.1) is 51.8 Å². The molecule has 0 radical (unpaired) electrons. The predicted molar refractivity (Wildman–Crippen MR) is 137 cm³/mol. The van der Waals surface area contributed by atoms with Gasteiger partial charge in [0, 0.05) is 30.7 Å². The van der Waals surface area contributed by atoms with Gasteiger partial charge in [-0.2, -0.15) is 0 Å². The minimum atomic E-state index is -0.726. The Labute approximate surface area is 218 Å². The van der Waals surface area contributed by atoms with Crippen LogP contribution in [0.3, 0.4) is 0 Å². The van der Waals surface area contributed by atoms with Gasteiger partial charge in [-0.05, 0) is 78.9 Å². The lowest BCUT2D eigenvalue weighted by molar-refractivity contribution is -0.302. The van der Waals surface area contributed by atoms with E-state index in [1.54, 1.807) is 0 Å². The normalized spacial score (nSPS) is 48.8. The largest absolute Gasteiger partial charge is 0.464 e. The molecule has 36 heavy (non-hydrogen) atoms. The zero-order chi connectivity index (χ0) is 25.9. The van der Waals surface area contributed by atoms with Crippen LogP contribution >= 0.6 is 0 Å². The molecule has 5 aliphatic rings. The molecule has 0 spiro atoms. The van der Waals surface area contributed by atoms with E-state index in [2.05, 4.69) is 41.5 Å². The van der Waals surface area contributed by atoms with Gasteiger partial charge in [0.15, 0.2) is 5.72 Å². The molecule has 1 aliphatic heterocycles. The van der Waals surface area contributed by atoms with Crippen LogP contribution in [-0.4, -0.2) is 43.0 Å². The third-order valence-electron chi connectivity index (χ3n) is 12.2. The van der Waals surface area contributed by atoms with Crippen molar-refractivity contribution in [1.29, 1.82) is 0 Å². The summed E-state index contributed by atoms with van der Waals surface area (Å²) in [6.45, 7) is 16.9. The van der Waals surface area contributed by atoms with Gasteiger partial charge >= 0.3 is 0 Å². The number of nitrogens with zero attached hydrogens (tertiary/aromatic N) is 1. The Morgan fingerprint density at radius 1 is 1.00 bits per heavy atom. The second kappa shape index (κ2) is 9.25. The van der Waals surface area contributed by atoms with Gasteiger partial charge in [-0.3, -0.25) is 14.4 Å². The molecule has 0 aromatic carbocycles. The Morgan fingerprint density at radius 2 is 1.75 bits per heavy atom. The summed E-state index contributed by atoms with van der Waals surface area (Å²) in [6, 6.07) is 0. The molecule has 5 fully saturated rings. The number of carbonyl (C=O) groups is 2. The lowest BCUT2D eigenvalue weighted by atomic mass is 9.43. The SMILES string of the molecule is CC[C@@H](C)[C@H]1CCC2C3C(CC[C@@]21C)[C@@]1(C)CC[C@](OC=O)(N2CC(C)(C)CO2)C[C@H]1C[C@@H]3OC=O. The van der Waals surface area contributed by atoms with Crippen LogP contribution in [-0.2, 0) is 23.9 Å². The van der Waals surface area contributed by atoms with Crippen molar-refractivity contribution in [2.75, 3.05) is 13.2 Å². The van der Waals surface area contributed by atoms with Gasteiger partial charge in [0.1, 0.15) is 6.10 Å². The maximum absolute atomic E-state index is 11.8. The van der Waals surface area contributed by atoms with Crippen molar-refractivity contribution < 1.29 is 23.9 Å². The van der Waals surface area contributed by atoms with Crippen LogP contribution in [0.4, 0.5) is 0 Å². The van der Waals surface area contributed by atoms with E-state index in [1.165, 1.54) is 32.1 Å². The van der Waals surface area contributed by atoms with Crippen LogP contribution in [0.5, 0.6) is 0 Å². The molecule has 6 heteroatoms. The smallest absolute Gasteiger partial charge is 0.294 e. The molecule has 1 saturated heterocycles. The minimum absolute atomic E-state index is 0.0310. The van der Waals surface area contributed by atoms with Crippen molar-refractivity contribution in [3.63, 3.8) is 0 Å². The number of ether oxygens (including phenoxy) is 2. The molecule has 5 rings (SSSR count). The predicted octanol–water partition coefficient (Wildman–Crippen LogP) is 5.99. The molecule has 3 unspecified atom stereocenters. The number of hydroxylamine groups is 2. The average Bonchev–Trinajstić information content (AvgIpc) is 3.39. The molecule has 0 N–H and O–H groups in total. The first-order valence-corrected chi connectivity index (χ1v) is 14.6. The average molecular weight is 504 g/mol. The fourth-order valence-electron chi connectivity index (χ4n) is 10.1. The topological polar surface area (TPSA) is 65.1 Å². The van der Waals surface area contributed by atoms with E-state index in [0.29, 0.717) is 48.6 Å². The van der Waals surface area contributed by atoms with Crippen molar-refractivity contribution in [2.24, 2.45) is 51.8 Å². The van der Waals surface area contributed by atoms with Gasteiger partial charge in [-0.15, -0.1) is 5.06 Å². The lowest BCUT2D eigenvalue weighted by Crippen LogP contribution is -2.63. The molecule has 6 nitrogen and oxygen atoms in total. The van der Waals surface area contributed by atoms with Crippen molar-refractivity contribution in [3.05, 3.63) is 0 Å². The first kappa shape index (κ1) is 26.5. The van der Waals surface area contributed by atoms with E-state index in [-0.39, 0.29) is 16.9 Å². The van der Waals surface area contributed by atoms with Crippen LogP contribution in [0.1, 0.15) is 99.3 Å². The number of hydrogen-bond donors (Lipinski definition) is 0. The highest BCUT2D eigenvalue weighted by Crippen LogP contribution is 2.69. The summed E-state index contributed by atoms with van der Waals surface area (Å²) < 4.78 is 11.9. The number of rotatable bonds is 7. The molecular formula is C30H49NO5. The zero-order valence-electron chi connectivity index (χ0n) is 23.5. The minimum Gasteiger partial charge on any atom is -0.464 e. The lowest BCUT2D eigenvalue weighted by Gasteiger charge is -2.64. The van der Waals surface area contributed by atoms with E-state index in [9.17, 15) is 9.59 Å². The maximum atomic E-state index is 11.8. The van der Waals surface area contributed by atoms with Gasteiger partial charge < -0.3 is 9.47 Å². The Hall–Kier alpha value is -1.14. The molecule has 204 valence electrons. The van der Waals surface area contributed by atoms with Crippen LogP contribution in [0.2, 0.25) is 0 Å². The summed E-state index contributed by atoms with van der Waals surface area (Å²) in [6.07, 6.45) is 9.68. The fourth-order valence-corrected chi connectivity index (χ4v) is 10.1. The van der Waals surface area contributed by atoms with Crippen molar-refractivity contribution >= 4 is 12.9 Å². The summed E-state index contributed by atoms with van der Waals surface area (Å²) in [4.78, 5) is 29.6. The second-order valence-electron chi connectivity index (χ2n) is 14.5. The number of carbonyl (C=O) groups excluding carboxylic acids is 2. The van der Waals surface area contributed by atoms with Gasteiger partial charge in [0.25, 0.3) is 12.9 Å². The van der Waals surface area contributed by atoms with Crippen molar-refractivity contribution in [1.82, 2.24) is 5.06 Å². The Morgan fingerprint density at radius 3 is 2.39 bits per heavy atom. The quantitative estimate of drug-likeness (QED) is 0.398. The highest BCUT2D eigenvalue weighted by molar-refractivity contribution is 5.39. The van der Waals surface area contributed by atoms with Gasteiger partial charge in [-0.1, -0.05) is 48.0 Å². The van der Waals surface area contributed by atoms with Crippen LogP contribution in [0.25, 0.3) is 0 Å². The van der Waals surface area contributed by atoms with Gasteiger partial charge in [-0.25, -0.2) is 0 Å². The molecule has 1 heterocycles. The Balaban J connectivity index is 1.45. The summed E-state index contributed by atoms with van der Waals surface area (Å²) in [7, 11) is 0. The first-order chi connectivity index (χ1) is 17.0. The number of hydrogen-bond acceptors (Lipinski definition) is 6. The van der Waals surface area contributed by atoms with Crippen molar-refractivity contribution in [3.8, 4) is 0 Å². The molecule has 10 atom stereocenters. The molecule has 4 aliphatic carbocycles. The standard InChI is InChI=1S/C30H49NO5/c1-7-20(2)22-8-9-23-26-24(10-11-29(22,23)6)28(5)12-13-30(35-19-33,31-16-27(3,4)17-36-31)15-21(28)14-25(26)34-18-32/h18-26H,7-17H2,1-6H3/t20-,21-,22-,23?,24?,25+,26?,28+,29-,30-/m1/s1. The molecule has 0 aromatic rings. The van der Waals surface area contributed by atoms with Gasteiger partial charge in [0.05, 0.1) is 6.61 Å². The van der Waals surface area contributed by atoms with E-state index in [1.807, 2.05) is 5.06 Å². The second-order valence-corrected chi connectivity index (χ2v) is 14.5.